The zero-order chi connectivity index (χ0) is 12.3. The van der Waals surface area contributed by atoms with Crippen molar-refractivity contribution < 1.29 is 4.39 Å². The monoisotopic (exact) mass is 250 g/mol. The molecular formula is C13H15FN2S. The predicted molar refractivity (Wildman–Crippen MR) is 70.4 cm³/mol. The molecule has 0 aliphatic rings. The van der Waals surface area contributed by atoms with Crippen LogP contribution in [0.5, 0.6) is 0 Å². The number of anilines is 1. The number of rotatable bonds is 4. The normalized spacial score (nSPS) is 10.7. The van der Waals surface area contributed by atoms with Crippen molar-refractivity contribution in [1.82, 2.24) is 5.32 Å². The smallest absolute Gasteiger partial charge is 0.129 e. The predicted octanol–water partition coefficient (Wildman–Crippen LogP) is 3.07. The molecule has 2 nitrogen and oxygen atoms in total. The minimum atomic E-state index is -0.250. The van der Waals surface area contributed by atoms with Crippen LogP contribution in [0.15, 0.2) is 30.3 Å². The van der Waals surface area contributed by atoms with E-state index in [0.717, 1.165) is 6.54 Å². The van der Waals surface area contributed by atoms with Gasteiger partial charge in [-0.3, -0.25) is 0 Å². The Morgan fingerprint density at radius 2 is 2.06 bits per heavy atom. The molecule has 1 heterocycles. The highest BCUT2D eigenvalue weighted by atomic mass is 32.1. The Labute approximate surface area is 104 Å². The van der Waals surface area contributed by atoms with E-state index in [1.165, 1.54) is 15.8 Å². The van der Waals surface area contributed by atoms with E-state index in [9.17, 15) is 4.39 Å². The van der Waals surface area contributed by atoms with Gasteiger partial charge in [-0.1, -0.05) is 6.07 Å². The Morgan fingerprint density at radius 3 is 2.71 bits per heavy atom. The number of nitrogen functional groups attached to an aromatic ring is 1. The Morgan fingerprint density at radius 1 is 1.24 bits per heavy atom. The second kappa shape index (κ2) is 5.29. The largest absolute Gasteiger partial charge is 0.399 e. The van der Waals surface area contributed by atoms with Gasteiger partial charge < -0.3 is 11.1 Å². The topological polar surface area (TPSA) is 38.0 Å². The van der Waals surface area contributed by atoms with E-state index in [1.54, 1.807) is 23.5 Å². The summed E-state index contributed by atoms with van der Waals surface area (Å²) in [6.45, 7) is 3.36. The van der Waals surface area contributed by atoms with Crippen molar-refractivity contribution in [2.75, 3.05) is 5.73 Å². The Hall–Kier alpha value is -1.39. The van der Waals surface area contributed by atoms with Crippen molar-refractivity contribution in [3.05, 3.63) is 51.5 Å². The molecule has 0 aliphatic carbocycles. The number of hydrogen-bond donors (Lipinski definition) is 2. The van der Waals surface area contributed by atoms with Crippen LogP contribution in [0.2, 0.25) is 0 Å². The number of nitrogens with two attached hydrogens (primary N) is 1. The molecule has 0 radical (unpaired) electrons. The van der Waals surface area contributed by atoms with Gasteiger partial charge in [0.15, 0.2) is 0 Å². The van der Waals surface area contributed by atoms with Crippen LogP contribution in [0.25, 0.3) is 0 Å². The lowest BCUT2D eigenvalue weighted by Gasteiger charge is -2.05. The quantitative estimate of drug-likeness (QED) is 0.818. The van der Waals surface area contributed by atoms with Gasteiger partial charge in [0.25, 0.3) is 0 Å². The molecule has 0 amide bonds. The van der Waals surface area contributed by atoms with E-state index < -0.39 is 0 Å². The first kappa shape index (κ1) is 12.1. The third kappa shape index (κ3) is 3.28. The SMILES string of the molecule is Cc1ccc(CNCc2ccc(N)cc2F)s1. The highest BCUT2D eigenvalue weighted by Gasteiger charge is 2.02. The molecule has 0 saturated heterocycles. The minimum Gasteiger partial charge on any atom is -0.399 e. The van der Waals surface area contributed by atoms with Crippen LogP contribution < -0.4 is 11.1 Å². The van der Waals surface area contributed by atoms with Gasteiger partial charge in [0.1, 0.15) is 5.82 Å². The van der Waals surface area contributed by atoms with Gasteiger partial charge in [0.05, 0.1) is 0 Å². The number of aryl methyl sites for hydroxylation is 1. The van der Waals surface area contributed by atoms with Crippen LogP contribution >= 0.6 is 11.3 Å². The highest BCUT2D eigenvalue weighted by molar-refractivity contribution is 7.11. The molecule has 0 unspecified atom stereocenters. The molecule has 0 spiro atoms. The fraction of sp³-hybridized carbons (Fsp3) is 0.231. The summed E-state index contributed by atoms with van der Waals surface area (Å²) in [6.07, 6.45) is 0. The van der Waals surface area contributed by atoms with Crippen LogP contribution in [0.1, 0.15) is 15.3 Å². The molecule has 2 aromatic rings. The van der Waals surface area contributed by atoms with Crippen molar-refractivity contribution in [1.29, 1.82) is 0 Å². The molecule has 4 heteroatoms. The summed E-state index contributed by atoms with van der Waals surface area (Å²) in [7, 11) is 0. The third-order valence-corrected chi connectivity index (χ3v) is 3.49. The summed E-state index contributed by atoms with van der Waals surface area (Å²) in [5, 5.41) is 3.22. The minimum absolute atomic E-state index is 0.250. The van der Waals surface area contributed by atoms with Gasteiger partial charge >= 0.3 is 0 Å². The second-order valence-corrected chi connectivity index (χ2v) is 5.34. The molecule has 17 heavy (non-hydrogen) atoms. The lowest BCUT2D eigenvalue weighted by atomic mass is 10.2. The molecule has 0 atom stereocenters. The Balaban J connectivity index is 1.90. The molecule has 0 bridgehead atoms. The summed E-state index contributed by atoms with van der Waals surface area (Å²) in [6, 6.07) is 8.97. The summed E-state index contributed by atoms with van der Waals surface area (Å²) >= 11 is 1.75. The average molecular weight is 250 g/mol. The number of nitrogens with one attached hydrogen (secondary N) is 1. The Bertz CT molecular complexity index is 508. The Kier molecular flexibility index (Phi) is 3.76. The van der Waals surface area contributed by atoms with Gasteiger partial charge in [-0.15, -0.1) is 11.3 Å². The number of halogens is 1. The lowest BCUT2D eigenvalue weighted by molar-refractivity contribution is 0.589. The summed E-state index contributed by atoms with van der Waals surface area (Å²) in [4.78, 5) is 2.55. The maximum atomic E-state index is 13.5. The first-order chi connectivity index (χ1) is 8.15. The number of hydrogen-bond acceptors (Lipinski definition) is 3. The molecule has 3 N–H and O–H groups in total. The summed E-state index contributed by atoms with van der Waals surface area (Å²) in [5.74, 6) is -0.250. The molecule has 0 saturated carbocycles. The molecule has 90 valence electrons. The van der Waals surface area contributed by atoms with E-state index in [2.05, 4.69) is 24.4 Å². The fourth-order valence-electron chi connectivity index (χ4n) is 1.61. The molecule has 1 aromatic heterocycles. The first-order valence-corrected chi connectivity index (χ1v) is 6.27. The van der Waals surface area contributed by atoms with E-state index in [1.807, 2.05) is 0 Å². The lowest BCUT2D eigenvalue weighted by Crippen LogP contribution is -2.13. The van der Waals surface area contributed by atoms with Crippen molar-refractivity contribution in [3.8, 4) is 0 Å². The van der Waals surface area contributed by atoms with Crippen LogP contribution in [-0.2, 0) is 13.1 Å². The standard InChI is InChI=1S/C13H15FN2S/c1-9-2-5-12(17-9)8-16-7-10-3-4-11(15)6-13(10)14/h2-6,16H,7-8,15H2,1H3. The average Bonchev–Trinajstić information content (AvgIpc) is 2.68. The van der Waals surface area contributed by atoms with Gasteiger partial charge in [0, 0.05) is 34.1 Å². The van der Waals surface area contributed by atoms with Crippen LogP contribution in [0.3, 0.4) is 0 Å². The third-order valence-electron chi connectivity index (χ3n) is 2.49. The van der Waals surface area contributed by atoms with Crippen molar-refractivity contribution in [2.45, 2.75) is 20.0 Å². The van der Waals surface area contributed by atoms with Crippen molar-refractivity contribution >= 4 is 17.0 Å². The van der Waals surface area contributed by atoms with E-state index in [-0.39, 0.29) is 5.82 Å². The molecule has 0 aliphatic heterocycles. The van der Waals surface area contributed by atoms with Crippen LogP contribution in [-0.4, -0.2) is 0 Å². The maximum Gasteiger partial charge on any atom is 0.129 e. The first-order valence-electron chi connectivity index (χ1n) is 5.45. The van der Waals surface area contributed by atoms with Crippen LogP contribution in [0.4, 0.5) is 10.1 Å². The summed E-state index contributed by atoms with van der Waals surface area (Å²) in [5.41, 5.74) is 6.60. The van der Waals surface area contributed by atoms with Crippen molar-refractivity contribution in [3.63, 3.8) is 0 Å². The number of thiophene rings is 1. The van der Waals surface area contributed by atoms with E-state index in [4.69, 9.17) is 5.73 Å². The summed E-state index contributed by atoms with van der Waals surface area (Å²) < 4.78 is 13.5. The van der Waals surface area contributed by atoms with Gasteiger partial charge in [0.2, 0.25) is 0 Å². The second-order valence-electron chi connectivity index (χ2n) is 3.97. The zero-order valence-corrected chi connectivity index (χ0v) is 10.5. The van der Waals surface area contributed by atoms with E-state index in [0.29, 0.717) is 17.8 Å². The van der Waals surface area contributed by atoms with Gasteiger partial charge in [-0.25, -0.2) is 4.39 Å². The van der Waals surface area contributed by atoms with Crippen molar-refractivity contribution in [2.24, 2.45) is 0 Å². The zero-order valence-electron chi connectivity index (χ0n) is 9.66. The molecule has 2 rings (SSSR count). The van der Waals surface area contributed by atoms with Gasteiger partial charge in [-0.05, 0) is 31.2 Å². The molecule has 0 fully saturated rings. The molecule has 1 aromatic carbocycles. The highest BCUT2D eigenvalue weighted by Crippen LogP contribution is 2.15. The fourth-order valence-corrected chi connectivity index (χ4v) is 2.47. The van der Waals surface area contributed by atoms with E-state index >= 15 is 0 Å². The van der Waals surface area contributed by atoms with Crippen LogP contribution in [0, 0.1) is 12.7 Å². The maximum absolute atomic E-state index is 13.5. The van der Waals surface area contributed by atoms with Gasteiger partial charge in [-0.2, -0.15) is 0 Å². The number of benzene rings is 1. The molecular weight excluding hydrogens is 235 g/mol.